The lowest BCUT2D eigenvalue weighted by atomic mass is 9.94. The Labute approximate surface area is 149 Å². The van der Waals surface area contributed by atoms with Crippen molar-refractivity contribution >= 4 is 27.5 Å². The molecule has 0 saturated heterocycles. The molecule has 1 aliphatic rings. The summed E-state index contributed by atoms with van der Waals surface area (Å²) in [4.78, 5) is 19.8. The second-order valence-corrected chi connectivity index (χ2v) is 8.00. The molecular weight excluding hydrogens is 336 g/mol. The van der Waals surface area contributed by atoms with Crippen LogP contribution in [0.1, 0.15) is 29.9 Å². The number of nitrogens with two attached hydrogens (primary N) is 1. The molecule has 1 aliphatic heterocycles. The number of aryl methyl sites for hydroxylation is 1. The molecule has 1 aromatic carbocycles. The number of para-hydroxylation sites is 1. The van der Waals surface area contributed by atoms with E-state index >= 15 is 0 Å². The van der Waals surface area contributed by atoms with E-state index in [2.05, 4.69) is 10.4 Å². The van der Waals surface area contributed by atoms with Gasteiger partial charge in [0.2, 0.25) is 5.95 Å². The maximum absolute atomic E-state index is 13.4. The van der Waals surface area contributed by atoms with Crippen LogP contribution in [-0.2, 0) is 17.8 Å². The van der Waals surface area contributed by atoms with Crippen molar-refractivity contribution in [3.05, 3.63) is 50.6 Å². The van der Waals surface area contributed by atoms with Crippen molar-refractivity contribution in [2.75, 3.05) is 5.43 Å². The average Bonchev–Trinajstić information content (AvgIpc) is 2.92. The molecule has 7 heteroatoms. The second kappa shape index (κ2) is 5.66. The summed E-state index contributed by atoms with van der Waals surface area (Å²) in [6, 6.07) is 7.71. The number of hydrogen-bond donors (Lipinski definition) is 2. The van der Waals surface area contributed by atoms with Gasteiger partial charge in [-0.05, 0) is 38.0 Å². The molecule has 0 bridgehead atoms. The van der Waals surface area contributed by atoms with Crippen molar-refractivity contribution in [3.8, 4) is 5.69 Å². The minimum Gasteiger partial charge on any atom is -0.370 e. The Morgan fingerprint density at radius 1 is 1.36 bits per heavy atom. The summed E-state index contributed by atoms with van der Waals surface area (Å²) in [5.74, 6) is 6.01. The number of benzene rings is 1. The Kier molecular flexibility index (Phi) is 3.68. The molecule has 2 aromatic heterocycles. The predicted molar refractivity (Wildman–Crippen MR) is 100 cm³/mol. The molecule has 0 unspecified atom stereocenters. The fourth-order valence-corrected chi connectivity index (χ4v) is 4.42. The van der Waals surface area contributed by atoms with Gasteiger partial charge in [-0.1, -0.05) is 18.2 Å². The maximum atomic E-state index is 13.4. The minimum atomic E-state index is -0.286. The monoisotopic (exact) mass is 356 g/mol. The van der Waals surface area contributed by atoms with Crippen molar-refractivity contribution in [1.29, 1.82) is 0 Å². The van der Waals surface area contributed by atoms with Crippen LogP contribution in [0.4, 0.5) is 5.95 Å². The number of rotatable bonds is 2. The largest absolute Gasteiger partial charge is 0.370 e. The van der Waals surface area contributed by atoms with E-state index in [1.165, 1.54) is 11.3 Å². The van der Waals surface area contributed by atoms with E-state index in [0.29, 0.717) is 29.2 Å². The number of aromatic nitrogens is 2. The van der Waals surface area contributed by atoms with E-state index in [-0.39, 0.29) is 11.2 Å². The summed E-state index contributed by atoms with van der Waals surface area (Å²) < 4.78 is 7.45. The number of thiophene rings is 1. The first kappa shape index (κ1) is 16.3. The minimum absolute atomic E-state index is 0.0950. The molecule has 130 valence electrons. The first-order chi connectivity index (χ1) is 11.9. The third kappa shape index (κ3) is 2.55. The Bertz CT molecular complexity index is 1040. The van der Waals surface area contributed by atoms with E-state index in [4.69, 9.17) is 10.6 Å². The summed E-state index contributed by atoms with van der Waals surface area (Å²) in [6.45, 7) is 6.57. The zero-order valence-corrected chi connectivity index (χ0v) is 15.2. The van der Waals surface area contributed by atoms with Gasteiger partial charge in [0, 0.05) is 11.3 Å². The number of ether oxygens (including phenoxy) is 1. The molecule has 25 heavy (non-hydrogen) atoms. The van der Waals surface area contributed by atoms with Gasteiger partial charge in [0.05, 0.1) is 23.3 Å². The number of nitrogens with zero attached hydrogens (tertiary/aromatic N) is 2. The fourth-order valence-electron chi connectivity index (χ4n) is 3.33. The highest BCUT2D eigenvalue weighted by Crippen LogP contribution is 2.37. The molecule has 6 nitrogen and oxygen atoms in total. The van der Waals surface area contributed by atoms with Crippen LogP contribution in [0.2, 0.25) is 0 Å². The van der Waals surface area contributed by atoms with Crippen molar-refractivity contribution in [2.24, 2.45) is 5.84 Å². The molecule has 3 N–H and O–H groups in total. The van der Waals surface area contributed by atoms with Crippen LogP contribution >= 0.6 is 11.3 Å². The Morgan fingerprint density at radius 3 is 2.84 bits per heavy atom. The molecule has 0 saturated carbocycles. The third-order valence-corrected chi connectivity index (χ3v) is 5.69. The van der Waals surface area contributed by atoms with E-state index in [9.17, 15) is 4.79 Å². The van der Waals surface area contributed by atoms with Crippen LogP contribution in [0.5, 0.6) is 0 Å². The lowest BCUT2D eigenvalue weighted by molar-refractivity contribution is -0.0379. The molecule has 0 aliphatic carbocycles. The highest BCUT2D eigenvalue weighted by atomic mass is 32.1. The van der Waals surface area contributed by atoms with Crippen LogP contribution in [-0.4, -0.2) is 15.2 Å². The lowest BCUT2D eigenvalue weighted by Crippen LogP contribution is -2.32. The van der Waals surface area contributed by atoms with Crippen LogP contribution in [0, 0.1) is 6.92 Å². The van der Waals surface area contributed by atoms with Crippen LogP contribution in [0.25, 0.3) is 15.9 Å². The summed E-state index contributed by atoms with van der Waals surface area (Å²) in [5.41, 5.74) is 5.01. The Hall–Kier alpha value is -2.22. The smallest absolute Gasteiger partial charge is 0.268 e. The fraction of sp³-hybridized carbons (Fsp3) is 0.333. The van der Waals surface area contributed by atoms with Gasteiger partial charge in [-0.3, -0.25) is 10.2 Å². The quantitative estimate of drug-likeness (QED) is 0.545. The van der Waals surface area contributed by atoms with Crippen molar-refractivity contribution < 1.29 is 4.74 Å². The number of nitrogen functional groups attached to an aromatic ring is 1. The number of hydrazine groups is 1. The van der Waals surface area contributed by atoms with Crippen LogP contribution in [0.15, 0.2) is 29.1 Å². The van der Waals surface area contributed by atoms with Crippen molar-refractivity contribution in [3.63, 3.8) is 0 Å². The first-order valence-corrected chi connectivity index (χ1v) is 8.97. The van der Waals surface area contributed by atoms with Gasteiger partial charge < -0.3 is 4.74 Å². The zero-order chi connectivity index (χ0) is 17.8. The number of anilines is 1. The van der Waals surface area contributed by atoms with Crippen molar-refractivity contribution in [2.45, 2.75) is 39.4 Å². The second-order valence-electron chi connectivity index (χ2n) is 6.92. The molecule has 0 spiro atoms. The van der Waals surface area contributed by atoms with E-state index in [1.54, 1.807) is 4.57 Å². The van der Waals surface area contributed by atoms with Gasteiger partial charge in [0.1, 0.15) is 4.83 Å². The van der Waals surface area contributed by atoms with Gasteiger partial charge in [-0.15, -0.1) is 11.3 Å². The highest BCUT2D eigenvalue weighted by molar-refractivity contribution is 7.18. The molecule has 3 heterocycles. The lowest BCUT2D eigenvalue weighted by Gasteiger charge is -2.30. The summed E-state index contributed by atoms with van der Waals surface area (Å²) in [6.07, 6.45) is 0.697. The summed E-state index contributed by atoms with van der Waals surface area (Å²) in [7, 11) is 0. The standard InChI is InChI=1S/C18H20N4O2S/c1-10-6-4-5-7-12(10)22-16(23)14-11-8-18(2,3)24-9-13(11)25-15(14)20-17(22)21-19/h4-7H,8-9,19H2,1-3H3,(H,20,21). The number of fused-ring (bicyclic) bond motifs is 3. The predicted octanol–water partition coefficient (Wildman–Crippen LogP) is 2.89. The third-order valence-electron chi connectivity index (χ3n) is 4.59. The SMILES string of the molecule is Cc1ccccc1-n1c(NN)nc2sc3c(c2c1=O)CC(C)(C)OC3. The average molecular weight is 356 g/mol. The molecule has 0 fully saturated rings. The normalized spacial score (nSPS) is 16.0. The van der Waals surface area contributed by atoms with E-state index in [0.717, 1.165) is 21.7 Å². The number of hydrogen-bond acceptors (Lipinski definition) is 6. The zero-order valence-electron chi connectivity index (χ0n) is 14.4. The first-order valence-electron chi connectivity index (χ1n) is 8.15. The maximum Gasteiger partial charge on any atom is 0.268 e. The Morgan fingerprint density at radius 2 is 2.12 bits per heavy atom. The number of nitrogens with one attached hydrogen (secondary N) is 1. The molecule has 3 aromatic rings. The van der Waals surface area contributed by atoms with Gasteiger partial charge in [-0.25, -0.2) is 15.4 Å². The van der Waals surface area contributed by atoms with Crippen LogP contribution in [0.3, 0.4) is 0 Å². The summed E-state index contributed by atoms with van der Waals surface area (Å²) in [5, 5.41) is 0.679. The van der Waals surface area contributed by atoms with Crippen molar-refractivity contribution in [1.82, 2.24) is 9.55 Å². The van der Waals surface area contributed by atoms with Gasteiger partial charge >= 0.3 is 0 Å². The molecule has 0 amide bonds. The van der Waals surface area contributed by atoms with E-state index in [1.807, 2.05) is 45.0 Å². The Balaban J connectivity index is 2.06. The van der Waals surface area contributed by atoms with E-state index < -0.39 is 0 Å². The molecule has 0 radical (unpaired) electrons. The van der Waals surface area contributed by atoms with Crippen LogP contribution < -0.4 is 16.8 Å². The summed E-state index contributed by atoms with van der Waals surface area (Å²) >= 11 is 1.51. The molecular formula is C18H20N4O2S. The molecule has 4 rings (SSSR count). The highest BCUT2D eigenvalue weighted by Gasteiger charge is 2.31. The topological polar surface area (TPSA) is 82.2 Å². The van der Waals surface area contributed by atoms with Gasteiger partial charge in [0.15, 0.2) is 0 Å². The van der Waals surface area contributed by atoms with Gasteiger partial charge in [0.25, 0.3) is 5.56 Å². The molecule has 0 atom stereocenters. The van der Waals surface area contributed by atoms with Gasteiger partial charge in [-0.2, -0.15) is 0 Å².